The average Bonchev–Trinajstić information content (AvgIpc) is 2.98. The summed E-state index contributed by atoms with van der Waals surface area (Å²) in [5.41, 5.74) is 8.44. The van der Waals surface area contributed by atoms with Gasteiger partial charge >= 0.3 is 0 Å². The molecule has 0 saturated heterocycles. The van der Waals surface area contributed by atoms with Gasteiger partial charge in [0, 0.05) is 32.2 Å². The molecule has 0 unspecified atom stereocenters. The number of carbonyl (C=O) groups is 1. The van der Waals surface area contributed by atoms with E-state index >= 15 is 0 Å². The summed E-state index contributed by atoms with van der Waals surface area (Å²) < 4.78 is 5.16. The van der Waals surface area contributed by atoms with Gasteiger partial charge in [-0.05, 0) is 36.8 Å². The highest BCUT2D eigenvalue weighted by molar-refractivity contribution is 5.79. The van der Waals surface area contributed by atoms with Crippen LogP contribution in [0.5, 0.6) is 0 Å². The number of rotatable bonds is 7. The van der Waals surface area contributed by atoms with Gasteiger partial charge in [-0.3, -0.25) is 4.79 Å². The van der Waals surface area contributed by atoms with Gasteiger partial charge in [0.25, 0.3) is 0 Å². The Morgan fingerprint density at radius 3 is 2.50 bits per heavy atom. The molecule has 1 aliphatic carbocycles. The number of methoxy groups -OCH3 is 1. The van der Waals surface area contributed by atoms with Gasteiger partial charge in [0.05, 0.1) is 6.61 Å². The molecular formula is C18H28N2O2. The fraction of sp³-hybridized carbons (Fsp3) is 0.611. The zero-order valence-corrected chi connectivity index (χ0v) is 13.8. The number of amides is 1. The maximum Gasteiger partial charge on any atom is 0.226 e. The number of ether oxygens (including phenoxy) is 1. The quantitative estimate of drug-likeness (QED) is 0.841. The molecule has 1 saturated carbocycles. The van der Waals surface area contributed by atoms with E-state index in [1.807, 2.05) is 4.90 Å². The molecule has 2 rings (SSSR count). The number of nitrogens with zero attached hydrogens (tertiary/aromatic N) is 1. The minimum Gasteiger partial charge on any atom is -0.383 e. The van der Waals surface area contributed by atoms with E-state index in [-0.39, 0.29) is 17.9 Å². The highest BCUT2D eigenvalue weighted by Crippen LogP contribution is 2.26. The van der Waals surface area contributed by atoms with Crippen LogP contribution in [0.3, 0.4) is 0 Å². The minimum atomic E-state index is 0.0850. The Labute approximate surface area is 133 Å². The van der Waals surface area contributed by atoms with Gasteiger partial charge in [-0.25, -0.2) is 0 Å². The molecule has 4 nitrogen and oxygen atoms in total. The van der Waals surface area contributed by atoms with Crippen LogP contribution in [0, 0.1) is 5.92 Å². The molecule has 0 radical (unpaired) electrons. The third-order valence-electron chi connectivity index (χ3n) is 4.50. The molecule has 0 heterocycles. The van der Waals surface area contributed by atoms with Gasteiger partial charge in [0.2, 0.25) is 5.91 Å². The Bertz CT molecular complexity index is 472. The smallest absolute Gasteiger partial charge is 0.226 e. The summed E-state index contributed by atoms with van der Waals surface area (Å²) in [7, 11) is 1.67. The summed E-state index contributed by atoms with van der Waals surface area (Å²) in [6.45, 7) is 4.00. The summed E-state index contributed by atoms with van der Waals surface area (Å²) in [6.07, 6.45) is 3.72. The molecule has 1 amide bonds. The van der Waals surface area contributed by atoms with E-state index in [0.717, 1.165) is 25.7 Å². The average molecular weight is 304 g/mol. The third kappa shape index (κ3) is 4.55. The summed E-state index contributed by atoms with van der Waals surface area (Å²) in [6, 6.07) is 8.69. The van der Waals surface area contributed by atoms with Crippen molar-refractivity contribution < 1.29 is 9.53 Å². The molecule has 0 aromatic heterocycles. The van der Waals surface area contributed by atoms with Gasteiger partial charge in [-0.2, -0.15) is 0 Å². The molecule has 122 valence electrons. The third-order valence-corrected chi connectivity index (χ3v) is 4.50. The van der Waals surface area contributed by atoms with Crippen molar-refractivity contribution in [1.82, 2.24) is 4.90 Å². The predicted molar refractivity (Wildman–Crippen MR) is 88.4 cm³/mol. The van der Waals surface area contributed by atoms with E-state index in [2.05, 4.69) is 31.2 Å². The molecule has 1 aliphatic rings. The number of benzene rings is 1. The minimum absolute atomic E-state index is 0.0850. The second kappa shape index (κ2) is 8.30. The van der Waals surface area contributed by atoms with E-state index in [0.29, 0.717) is 19.7 Å². The lowest BCUT2D eigenvalue weighted by molar-refractivity contribution is -0.136. The summed E-state index contributed by atoms with van der Waals surface area (Å²) in [4.78, 5) is 14.7. The first-order valence-corrected chi connectivity index (χ1v) is 8.25. The van der Waals surface area contributed by atoms with Crippen LogP contribution in [0.4, 0.5) is 0 Å². The van der Waals surface area contributed by atoms with Gasteiger partial charge in [-0.15, -0.1) is 0 Å². The Morgan fingerprint density at radius 2 is 1.95 bits per heavy atom. The van der Waals surface area contributed by atoms with E-state index in [1.165, 1.54) is 11.1 Å². The van der Waals surface area contributed by atoms with Crippen LogP contribution in [0.1, 0.15) is 37.3 Å². The molecule has 22 heavy (non-hydrogen) atoms. The van der Waals surface area contributed by atoms with Crippen molar-refractivity contribution in [3.63, 3.8) is 0 Å². The Balaban J connectivity index is 2.02. The monoisotopic (exact) mass is 304 g/mol. The molecule has 4 heteroatoms. The first-order chi connectivity index (χ1) is 10.6. The Kier molecular flexibility index (Phi) is 6.40. The normalized spacial score (nSPS) is 21.0. The van der Waals surface area contributed by atoms with Gasteiger partial charge in [0.1, 0.15) is 0 Å². The SMILES string of the molecule is CCc1ccc(CN(CCOC)C(=O)[C@@H]2CC[C@H](N)C2)cc1. The standard InChI is InChI=1S/C18H28N2O2/c1-3-14-4-6-15(7-5-14)13-20(10-11-22-2)18(21)16-8-9-17(19)12-16/h4-7,16-17H,3,8-13,19H2,1-2H3/t16-,17+/m1/s1. The molecule has 2 atom stereocenters. The van der Waals surface area contributed by atoms with Gasteiger partial charge in [-0.1, -0.05) is 31.2 Å². The number of carbonyl (C=O) groups excluding carboxylic acids is 1. The molecular weight excluding hydrogens is 276 g/mol. The van der Waals surface area contributed by atoms with Gasteiger partial charge < -0.3 is 15.4 Å². The number of hydrogen-bond acceptors (Lipinski definition) is 3. The lowest BCUT2D eigenvalue weighted by Crippen LogP contribution is -2.37. The topological polar surface area (TPSA) is 55.6 Å². The van der Waals surface area contributed by atoms with E-state index < -0.39 is 0 Å². The molecule has 1 aromatic carbocycles. The lowest BCUT2D eigenvalue weighted by Gasteiger charge is -2.25. The highest BCUT2D eigenvalue weighted by Gasteiger charge is 2.30. The maximum atomic E-state index is 12.7. The van der Waals surface area contributed by atoms with Crippen LogP contribution >= 0.6 is 0 Å². The lowest BCUT2D eigenvalue weighted by atomic mass is 10.0. The maximum absolute atomic E-state index is 12.7. The van der Waals surface area contributed by atoms with Gasteiger partial charge in [0.15, 0.2) is 0 Å². The van der Waals surface area contributed by atoms with E-state index in [4.69, 9.17) is 10.5 Å². The number of nitrogens with two attached hydrogens (primary N) is 1. The molecule has 0 spiro atoms. The van der Waals surface area contributed by atoms with Crippen molar-refractivity contribution in [2.45, 2.75) is 45.2 Å². The van der Waals surface area contributed by atoms with E-state index in [9.17, 15) is 4.79 Å². The van der Waals surface area contributed by atoms with Crippen LogP contribution in [0.25, 0.3) is 0 Å². The fourth-order valence-electron chi connectivity index (χ4n) is 3.07. The fourth-order valence-corrected chi connectivity index (χ4v) is 3.07. The van der Waals surface area contributed by atoms with Crippen LogP contribution < -0.4 is 5.73 Å². The molecule has 2 N–H and O–H groups in total. The Hall–Kier alpha value is -1.39. The van der Waals surface area contributed by atoms with Crippen molar-refractivity contribution >= 4 is 5.91 Å². The number of hydrogen-bond donors (Lipinski definition) is 1. The second-order valence-electron chi connectivity index (χ2n) is 6.19. The van der Waals surface area contributed by atoms with Crippen molar-refractivity contribution in [3.05, 3.63) is 35.4 Å². The zero-order chi connectivity index (χ0) is 15.9. The number of aryl methyl sites for hydroxylation is 1. The van der Waals surface area contributed by atoms with Crippen molar-refractivity contribution in [2.24, 2.45) is 11.7 Å². The molecule has 0 aliphatic heterocycles. The van der Waals surface area contributed by atoms with Crippen molar-refractivity contribution in [2.75, 3.05) is 20.3 Å². The zero-order valence-electron chi connectivity index (χ0n) is 13.8. The van der Waals surface area contributed by atoms with Crippen molar-refractivity contribution in [1.29, 1.82) is 0 Å². The van der Waals surface area contributed by atoms with Crippen LogP contribution in [0.2, 0.25) is 0 Å². The summed E-state index contributed by atoms with van der Waals surface area (Å²) in [5, 5.41) is 0. The first-order valence-electron chi connectivity index (χ1n) is 8.25. The van der Waals surface area contributed by atoms with Crippen LogP contribution in [-0.2, 0) is 22.5 Å². The van der Waals surface area contributed by atoms with E-state index in [1.54, 1.807) is 7.11 Å². The summed E-state index contributed by atoms with van der Waals surface area (Å²) in [5.74, 6) is 0.311. The largest absolute Gasteiger partial charge is 0.383 e. The highest BCUT2D eigenvalue weighted by atomic mass is 16.5. The Morgan fingerprint density at radius 1 is 1.27 bits per heavy atom. The summed E-state index contributed by atoms with van der Waals surface area (Å²) >= 11 is 0. The molecule has 1 fully saturated rings. The molecule has 0 bridgehead atoms. The predicted octanol–water partition coefficient (Wildman–Crippen LogP) is 2.35. The first kappa shape index (κ1) is 17.0. The van der Waals surface area contributed by atoms with Crippen LogP contribution in [0.15, 0.2) is 24.3 Å². The van der Waals surface area contributed by atoms with Crippen molar-refractivity contribution in [3.8, 4) is 0 Å². The molecule has 1 aromatic rings. The second-order valence-corrected chi connectivity index (χ2v) is 6.19. The van der Waals surface area contributed by atoms with Crippen LogP contribution in [-0.4, -0.2) is 37.1 Å².